The maximum absolute atomic E-state index is 13.1. The molecule has 1 unspecified atom stereocenters. The molecule has 3 rings (SSSR count). The van der Waals surface area contributed by atoms with Crippen molar-refractivity contribution in [2.75, 3.05) is 18.9 Å². The molecule has 0 heterocycles. The summed E-state index contributed by atoms with van der Waals surface area (Å²) in [5, 5.41) is 0.409. The zero-order valence-electron chi connectivity index (χ0n) is 14.6. The van der Waals surface area contributed by atoms with Gasteiger partial charge in [0.2, 0.25) is 0 Å². The molecule has 1 atom stereocenters. The molecule has 0 fully saturated rings. The van der Waals surface area contributed by atoms with Crippen LogP contribution in [0.5, 0.6) is 11.5 Å². The summed E-state index contributed by atoms with van der Waals surface area (Å²) in [7, 11) is -0.793. The van der Waals surface area contributed by atoms with E-state index in [1.165, 1.54) is 13.2 Å². The highest BCUT2D eigenvalue weighted by Crippen LogP contribution is 2.36. The lowest BCUT2D eigenvalue weighted by Gasteiger charge is -2.26. The Kier molecular flexibility index (Phi) is 5.32. The Hall–Kier alpha value is -1.96. The molecular weight excluding hydrogens is 376 g/mol. The molecule has 0 saturated carbocycles. The van der Waals surface area contributed by atoms with Crippen LogP contribution in [0.15, 0.2) is 35.2 Å². The molecule has 26 heavy (non-hydrogen) atoms. The van der Waals surface area contributed by atoms with Crippen molar-refractivity contribution >= 4 is 27.3 Å². The van der Waals surface area contributed by atoms with E-state index in [4.69, 9.17) is 26.8 Å². The molecule has 140 valence electrons. The van der Waals surface area contributed by atoms with Gasteiger partial charge in [-0.15, -0.1) is 0 Å². The van der Waals surface area contributed by atoms with Crippen LogP contribution in [0, 0.1) is 0 Å². The molecule has 0 bridgehead atoms. The number of sulfonamides is 1. The Balaban J connectivity index is 2.06. The van der Waals surface area contributed by atoms with E-state index >= 15 is 0 Å². The molecule has 0 spiro atoms. The second kappa shape index (κ2) is 7.34. The maximum Gasteiger partial charge on any atom is 0.262 e. The van der Waals surface area contributed by atoms with Crippen molar-refractivity contribution in [1.29, 1.82) is 0 Å². The third-order valence-electron chi connectivity index (χ3n) is 4.49. The van der Waals surface area contributed by atoms with Crippen molar-refractivity contribution in [3.05, 3.63) is 46.5 Å². The second-order valence-electron chi connectivity index (χ2n) is 6.18. The number of hydrogen-bond acceptors (Lipinski definition) is 5. The number of ether oxygens (including phenoxy) is 2. The Morgan fingerprint density at radius 3 is 2.50 bits per heavy atom. The molecule has 2 aromatic rings. The smallest absolute Gasteiger partial charge is 0.262 e. The Bertz CT molecular complexity index is 931. The lowest BCUT2D eigenvalue weighted by atomic mass is 9.88. The van der Waals surface area contributed by atoms with Crippen molar-refractivity contribution in [1.82, 2.24) is 0 Å². The quantitative estimate of drug-likeness (QED) is 0.810. The van der Waals surface area contributed by atoms with Crippen LogP contribution in [0.25, 0.3) is 0 Å². The van der Waals surface area contributed by atoms with Gasteiger partial charge in [-0.25, -0.2) is 8.42 Å². The number of hydrogen-bond donors (Lipinski definition) is 2. The summed E-state index contributed by atoms with van der Waals surface area (Å²) in [6.07, 6.45) is 1.89. The maximum atomic E-state index is 13.1. The van der Waals surface area contributed by atoms with E-state index in [0.29, 0.717) is 29.4 Å². The Morgan fingerprint density at radius 1 is 1.12 bits per heavy atom. The summed E-state index contributed by atoms with van der Waals surface area (Å²) in [4.78, 5) is 0.224. The SMILES string of the molecule is COc1ccc(Cl)cc1NS(=O)(=O)c1ccc(OC)c2c1CCC(N)C2. The lowest BCUT2D eigenvalue weighted by molar-refractivity contribution is 0.402. The van der Waals surface area contributed by atoms with Gasteiger partial charge in [-0.2, -0.15) is 0 Å². The van der Waals surface area contributed by atoms with Crippen LogP contribution in [0.1, 0.15) is 17.5 Å². The van der Waals surface area contributed by atoms with Gasteiger partial charge in [-0.05, 0) is 55.2 Å². The molecule has 1 aliphatic rings. The van der Waals surface area contributed by atoms with Crippen LogP contribution >= 0.6 is 11.6 Å². The first kappa shape index (κ1) is 18.8. The monoisotopic (exact) mass is 396 g/mol. The number of methoxy groups -OCH3 is 2. The summed E-state index contributed by atoms with van der Waals surface area (Å²) in [6.45, 7) is 0. The Morgan fingerprint density at radius 2 is 1.81 bits per heavy atom. The van der Waals surface area contributed by atoms with E-state index in [2.05, 4.69) is 4.72 Å². The number of nitrogens with two attached hydrogens (primary N) is 1. The molecule has 1 aliphatic carbocycles. The van der Waals surface area contributed by atoms with Crippen LogP contribution in [0.4, 0.5) is 5.69 Å². The zero-order valence-corrected chi connectivity index (χ0v) is 16.2. The molecule has 3 N–H and O–H groups in total. The molecular formula is C18H21ClN2O4S. The van der Waals surface area contributed by atoms with E-state index < -0.39 is 10.0 Å². The third kappa shape index (κ3) is 3.60. The number of fused-ring (bicyclic) bond motifs is 1. The van der Waals surface area contributed by atoms with Gasteiger partial charge in [0, 0.05) is 16.6 Å². The minimum atomic E-state index is -3.83. The van der Waals surface area contributed by atoms with Gasteiger partial charge in [0.05, 0.1) is 24.8 Å². The number of anilines is 1. The predicted octanol–water partition coefficient (Wildman–Crippen LogP) is 2.97. The number of halogens is 1. The summed E-state index contributed by atoms with van der Waals surface area (Å²) in [5.74, 6) is 1.05. The van der Waals surface area contributed by atoms with Crippen LogP contribution in [-0.2, 0) is 22.9 Å². The fraction of sp³-hybridized carbons (Fsp3) is 0.333. The van der Waals surface area contributed by atoms with E-state index in [1.807, 2.05) is 0 Å². The van der Waals surface area contributed by atoms with Crippen molar-refractivity contribution < 1.29 is 17.9 Å². The first-order valence-electron chi connectivity index (χ1n) is 8.16. The molecule has 8 heteroatoms. The number of rotatable bonds is 5. The first-order valence-corrected chi connectivity index (χ1v) is 10.0. The average molecular weight is 397 g/mol. The minimum Gasteiger partial charge on any atom is -0.496 e. The predicted molar refractivity (Wildman–Crippen MR) is 102 cm³/mol. The van der Waals surface area contributed by atoms with E-state index in [0.717, 1.165) is 17.5 Å². The van der Waals surface area contributed by atoms with E-state index in [-0.39, 0.29) is 16.6 Å². The van der Waals surface area contributed by atoms with Crippen LogP contribution in [0.3, 0.4) is 0 Å². The van der Waals surface area contributed by atoms with Crippen molar-refractivity contribution in [3.63, 3.8) is 0 Å². The van der Waals surface area contributed by atoms with Gasteiger partial charge < -0.3 is 15.2 Å². The highest BCUT2D eigenvalue weighted by atomic mass is 35.5. The van der Waals surface area contributed by atoms with Gasteiger partial charge in [0.15, 0.2) is 0 Å². The molecule has 0 radical (unpaired) electrons. The third-order valence-corrected chi connectivity index (χ3v) is 6.18. The van der Waals surface area contributed by atoms with E-state index in [1.54, 1.807) is 31.4 Å². The van der Waals surface area contributed by atoms with Crippen molar-refractivity contribution in [2.45, 2.75) is 30.2 Å². The van der Waals surface area contributed by atoms with Crippen LogP contribution in [-0.4, -0.2) is 28.7 Å². The standard InChI is InChI=1S/C18H21ClN2O4S/c1-24-16-7-8-18(13-5-4-12(20)10-14(13)16)26(22,23)21-15-9-11(19)3-6-17(15)25-2/h3,6-9,12,21H,4-5,10,20H2,1-2H3. The molecule has 0 amide bonds. The highest BCUT2D eigenvalue weighted by Gasteiger charge is 2.28. The van der Waals surface area contributed by atoms with Gasteiger partial charge in [-0.3, -0.25) is 4.72 Å². The summed E-state index contributed by atoms with van der Waals surface area (Å²) in [5.41, 5.74) is 7.95. The fourth-order valence-corrected chi connectivity index (χ4v) is 4.77. The minimum absolute atomic E-state index is 0.00432. The molecule has 2 aromatic carbocycles. The van der Waals surface area contributed by atoms with E-state index in [9.17, 15) is 8.42 Å². The van der Waals surface area contributed by atoms with Gasteiger partial charge in [-0.1, -0.05) is 11.6 Å². The topological polar surface area (TPSA) is 90.6 Å². The van der Waals surface area contributed by atoms with Crippen LogP contribution < -0.4 is 19.9 Å². The van der Waals surface area contributed by atoms with Crippen LogP contribution in [0.2, 0.25) is 5.02 Å². The average Bonchev–Trinajstić information content (AvgIpc) is 2.60. The van der Waals surface area contributed by atoms with Gasteiger partial charge in [0.25, 0.3) is 10.0 Å². The summed E-state index contributed by atoms with van der Waals surface area (Å²) in [6, 6.07) is 7.99. The van der Waals surface area contributed by atoms with Gasteiger partial charge in [0.1, 0.15) is 11.5 Å². The number of nitrogens with one attached hydrogen (secondary N) is 1. The molecule has 6 nitrogen and oxygen atoms in total. The largest absolute Gasteiger partial charge is 0.496 e. The first-order chi connectivity index (χ1) is 12.4. The van der Waals surface area contributed by atoms with Crippen molar-refractivity contribution in [3.8, 4) is 11.5 Å². The normalized spacial score (nSPS) is 16.7. The summed E-state index contributed by atoms with van der Waals surface area (Å²) >= 11 is 6.00. The molecule has 0 aromatic heterocycles. The summed E-state index contributed by atoms with van der Waals surface area (Å²) < 4.78 is 39.3. The highest BCUT2D eigenvalue weighted by molar-refractivity contribution is 7.92. The Labute approximate surface area is 158 Å². The number of benzene rings is 2. The fourth-order valence-electron chi connectivity index (χ4n) is 3.24. The zero-order chi connectivity index (χ0) is 18.9. The van der Waals surface area contributed by atoms with Gasteiger partial charge >= 0.3 is 0 Å². The lowest BCUT2D eigenvalue weighted by Crippen LogP contribution is -2.29. The molecule has 0 aliphatic heterocycles. The second-order valence-corrected chi connectivity index (χ2v) is 8.26. The van der Waals surface area contributed by atoms with Crippen molar-refractivity contribution in [2.24, 2.45) is 5.73 Å². The molecule has 0 saturated heterocycles.